The fourth-order valence-electron chi connectivity index (χ4n) is 4.59. The molecule has 2 heterocycles. The first-order valence-corrected chi connectivity index (χ1v) is 13.7. The number of hydrogen-bond donors (Lipinski definition) is 0. The van der Waals surface area contributed by atoms with E-state index in [4.69, 9.17) is 27.9 Å². The number of carbonyl (C=O) groups is 1. The number of rotatable bonds is 7. The molecule has 1 aliphatic rings. The van der Waals surface area contributed by atoms with Gasteiger partial charge in [0.25, 0.3) is 5.91 Å². The third-order valence-electron chi connectivity index (χ3n) is 6.59. The molecule has 1 amide bonds. The van der Waals surface area contributed by atoms with Crippen molar-refractivity contribution >= 4 is 50.5 Å². The van der Waals surface area contributed by atoms with E-state index in [1.54, 1.807) is 0 Å². The lowest BCUT2D eigenvalue weighted by Crippen LogP contribution is -2.49. The summed E-state index contributed by atoms with van der Waals surface area (Å²) in [4.78, 5) is 18.2. The van der Waals surface area contributed by atoms with E-state index >= 15 is 0 Å². The maximum atomic E-state index is 13.3. The molecule has 0 aliphatic carbocycles. The Bertz CT molecular complexity index is 1350. The Morgan fingerprint density at radius 1 is 0.972 bits per heavy atom. The summed E-state index contributed by atoms with van der Waals surface area (Å²) >= 11 is 14.2. The first kappa shape index (κ1) is 25.2. The third kappa shape index (κ3) is 5.77. The van der Waals surface area contributed by atoms with Crippen molar-refractivity contribution in [2.75, 3.05) is 32.7 Å². The van der Waals surface area contributed by atoms with Crippen molar-refractivity contribution in [1.29, 1.82) is 0 Å². The highest BCUT2D eigenvalue weighted by atomic mass is 35.5. The molecule has 186 valence electrons. The third-order valence-corrected chi connectivity index (χ3v) is 8.50. The summed E-state index contributed by atoms with van der Waals surface area (Å²) in [5, 5.41) is 2.22. The molecule has 36 heavy (non-hydrogen) atoms. The van der Waals surface area contributed by atoms with E-state index in [1.165, 1.54) is 16.9 Å². The van der Waals surface area contributed by atoms with Crippen molar-refractivity contribution < 1.29 is 9.53 Å². The summed E-state index contributed by atoms with van der Waals surface area (Å²) in [5.41, 5.74) is 3.48. The minimum absolute atomic E-state index is 0.0193. The Kier molecular flexibility index (Phi) is 7.94. The number of aryl methyl sites for hydroxylation is 1. The molecule has 7 heteroatoms. The van der Waals surface area contributed by atoms with Gasteiger partial charge in [0, 0.05) is 47.8 Å². The van der Waals surface area contributed by atoms with Crippen LogP contribution in [0.5, 0.6) is 0 Å². The predicted octanol–water partition coefficient (Wildman–Crippen LogP) is 7.23. The van der Waals surface area contributed by atoms with E-state index in [-0.39, 0.29) is 12.0 Å². The van der Waals surface area contributed by atoms with Crippen molar-refractivity contribution in [3.63, 3.8) is 0 Å². The summed E-state index contributed by atoms with van der Waals surface area (Å²) in [6.07, 6.45) is -0.0953. The van der Waals surface area contributed by atoms with Crippen molar-refractivity contribution in [1.82, 2.24) is 9.80 Å². The van der Waals surface area contributed by atoms with Crippen LogP contribution in [0.1, 0.15) is 32.5 Å². The molecule has 1 saturated heterocycles. The number of halogens is 2. The van der Waals surface area contributed by atoms with Crippen LogP contribution in [-0.4, -0.2) is 48.4 Å². The first-order chi connectivity index (χ1) is 17.5. The molecule has 1 aromatic heterocycles. The largest absolute Gasteiger partial charge is 0.368 e. The minimum atomic E-state index is -0.0953. The Morgan fingerprint density at radius 2 is 1.72 bits per heavy atom. The second-order valence-electron chi connectivity index (χ2n) is 9.17. The van der Waals surface area contributed by atoms with Crippen LogP contribution in [0.2, 0.25) is 10.0 Å². The summed E-state index contributed by atoms with van der Waals surface area (Å²) in [6, 6.07) is 24.2. The van der Waals surface area contributed by atoms with Gasteiger partial charge in [-0.25, -0.2) is 0 Å². The van der Waals surface area contributed by atoms with Gasteiger partial charge in [-0.1, -0.05) is 83.4 Å². The highest BCUT2D eigenvalue weighted by molar-refractivity contribution is 7.21. The number of nitrogens with zero attached hydrogens (tertiary/aromatic N) is 2. The highest BCUT2D eigenvalue weighted by Gasteiger charge is 2.27. The second-order valence-corrected chi connectivity index (χ2v) is 11.0. The number of fused-ring (bicyclic) bond motifs is 1. The number of thiophene rings is 1. The lowest BCUT2D eigenvalue weighted by atomic mass is 10.1. The van der Waals surface area contributed by atoms with E-state index in [2.05, 4.69) is 36.1 Å². The first-order valence-electron chi connectivity index (χ1n) is 12.1. The number of benzene rings is 3. The number of amides is 1. The van der Waals surface area contributed by atoms with Crippen LogP contribution in [0.25, 0.3) is 10.1 Å². The average Bonchev–Trinajstić information content (AvgIpc) is 3.23. The number of hydrogen-bond acceptors (Lipinski definition) is 4. The summed E-state index contributed by atoms with van der Waals surface area (Å²) in [6.45, 7) is 6.27. The summed E-state index contributed by atoms with van der Waals surface area (Å²) in [7, 11) is 0. The Morgan fingerprint density at radius 3 is 2.44 bits per heavy atom. The smallest absolute Gasteiger partial charge is 0.265 e. The lowest BCUT2D eigenvalue weighted by molar-refractivity contribution is 0.00347. The molecule has 0 bridgehead atoms. The van der Waals surface area contributed by atoms with Gasteiger partial charge in [-0.05, 0) is 36.2 Å². The zero-order valence-corrected chi connectivity index (χ0v) is 22.5. The van der Waals surface area contributed by atoms with Gasteiger partial charge in [0.1, 0.15) is 4.88 Å². The summed E-state index contributed by atoms with van der Waals surface area (Å²) < 4.78 is 7.47. The molecular formula is C29H28Cl2N2O2S. The topological polar surface area (TPSA) is 32.8 Å². The van der Waals surface area contributed by atoms with E-state index in [0.717, 1.165) is 40.8 Å². The lowest BCUT2D eigenvalue weighted by Gasteiger charge is -2.36. The Labute approximate surface area is 226 Å². The minimum Gasteiger partial charge on any atom is -0.368 e. The van der Waals surface area contributed by atoms with E-state index in [0.29, 0.717) is 34.6 Å². The molecule has 1 aliphatic heterocycles. The van der Waals surface area contributed by atoms with Crippen molar-refractivity contribution in [2.45, 2.75) is 19.6 Å². The molecule has 4 nitrogen and oxygen atoms in total. The molecule has 1 fully saturated rings. The van der Waals surface area contributed by atoms with Crippen LogP contribution in [0, 0.1) is 6.92 Å². The van der Waals surface area contributed by atoms with E-state index in [1.807, 2.05) is 53.4 Å². The highest BCUT2D eigenvalue weighted by Crippen LogP contribution is 2.36. The van der Waals surface area contributed by atoms with Crippen LogP contribution >= 0.6 is 34.5 Å². The molecule has 0 radical (unpaired) electrons. The molecule has 5 rings (SSSR count). The number of piperazine rings is 1. The van der Waals surface area contributed by atoms with Crippen LogP contribution < -0.4 is 0 Å². The number of carbonyl (C=O) groups excluding carboxylic acids is 1. The maximum absolute atomic E-state index is 13.3. The maximum Gasteiger partial charge on any atom is 0.265 e. The standard InChI is InChI=1S/C29H28Cl2N2O2S/c1-20-5-4-6-21(17-20)19-35-25(22-9-11-23(30)12-10-22)18-32-13-15-33(16-14-32)29(34)28-27(31)24-7-2-3-8-26(24)36-28/h2-12,17,25H,13-16,18-19H2,1H3/t25-/m0/s1. The van der Waals surface area contributed by atoms with Gasteiger partial charge in [0.15, 0.2) is 0 Å². The molecule has 0 N–H and O–H groups in total. The van der Waals surface area contributed by atoms with Crippen molar-refractivity contribution in [3.05, 3.63) is 104 Å². The molecule has 3 aromatic carbocycles. The van der Waals surface area contributed by atoms with Gasteiger partial charge in [-0.15, -0.1) is 11.3 Å². The second kappa shape index (κ2) is 11.3. The fraction of sp³-hybridized carbons (Fsp3) is 0.276. The molecule has 0 unspecified atom stereocenters. The zero-order chi connectivity index (χ0) is 25.1. The zero-order valence-electron chi connectivity index (χ0n) is 20.1. The predicted molar refractivity (Wildman–Crippen MR) is 149 cm³/mol. The SMILES string of the molecule is Cc1cccc(CO[C@@H](CN2CCN(C(=O)c3sc4ccccc4c3Cl)CC2)c2ccc(Cl)cc2)c1. The van der Waals surface area contributed by atoms with Crippen molar-refractivity contribution in [2.24, 2.45) is 0 Å². The van der Waals surface area contributed by atoms with Crippen molar-refractivity contribution in [3.8, 4) is 0 Å². The van der Waals surface area contributed by atoms with E-state index in [9.17, 15) is 4.79 Å². The van der Waals surface area contributed by atoms with Gasteiger partial charge in [-0.3, -0.25) is 9.69 Å². The normalized spacial score (nSPS) is 15.4. The fourth-order valence-corrected chi connectivity index (χ4v) is 6.20. The van der Waals surface area contributed by atoms with Crippen LogP contribution in [0.3, 0.4) is 0 Å². The number of ether oxygens (including phenoxy) is 1. The monoisotopic (exact) mass is 538 g/mol. The van der Waals surface area contributed by atoms with Gasteiger partial charge < -0.3 is 9.64 Å². The molecular weight excluding hydrogens is 511 g/mol. The molecule has 1 atom stereocenters. The molecule has 0 saturated carbocycles. The quantitative estimate of drug-likeness (QED) is 0.248. The van der Waals surface area contributed by atoms with Crippen LogP contribution in [-0.2, 0) is 11.3 Å². The molecule has 4 aromatic rings. The van der Waals surface area contributed by atoms with Gasteiger partial charge in [0.05, 0.1) is 17.7 Å². The summed E-state index contributed by atoms with van der Waals surface area (Å²) in [5.74, 6) is 0.0193. The van der Waals surface area contributed by atoms with Gasteiger partial charge in [0.2, 0.25) is 0 Å². The van der Waals surface area contributed by atoms with Crippen LogP contribution in [0.4, 0.5) is 0 Å². The van der Waals surface area contributed by atoms with Gasteiger partial charge >= 0.3 is 0 Å². The van der Waals surface area contributed by atoms with Crippen LogP contribution in [0.15, 0.2) is 72.8 Å². The Hall–Kier alpha value is -2.41. The molecule has 0 spiro atoms. The average molecular weight is 540 g/mol. The van der Waals surface area contributed by atoms with E-state index < -0.39 is 0 Å². The Balaban J connectivity index is 1.24. The van der Waals surface area contributed by atoms with Gasteiger partial charge in [-0.2, -0.15) is 0 Å².